The lowest BCUT2D eigenvalue weighted by Crippen LogP contribution is -2.49. The van der Waals surface area contributed by atoms with Gasteiger partial charge in [0.2, 0.25) is 0 Å². The van der Waals surface area contributed by atoms with Crippen molar-refractivity contribution in [3.05, 3.63) is 76.2 Å². The van der Waals surface area contributed by atoms with Crippen molar-refractivity contribution < 1.29 is 9.53 Å². The van der Waals surface area contributed by atoms with E-state index in [0.717, 1.165) is 18.8 Å². The Labute approximate surface area is 185 Å². The van der Waals surface area contributed by atoms with Crippen molar-refractivity contribution in [3.63, 3.8) is 0 Å². The highest BCUT2D eigenvalue weighted by Crippen LogP contribution is 2.25. The highest BCUT2D eigenvalue weighted by Gasteiger charge is 2.27. The number of fused-ring (bicyclic) bond motifs is 3. The lowest BCUT2D eigenvalue weighted by molar-refractivity contribution is 0.0583. The standard InChI is InChI=1S/C24H25N5O3/c1-16(17-6-5-7-18(14-17)32-2)27-10-12-28(13-11-27)24(31)20-15-25-29-21-9-4-3-8-19(21)23(30)26-22(20)29/h3-9,14-16H,10-13H2,1-2H3,(H,26,30). The summed E-state index contributed by atoms with van der Waals surface area (Å²) in [5.41, 5.74) is 2.51. The quantitative estimate of drug-likeness (QED) is 0.537. The zero-order chi connectivity index (χ0) is 22.2. The summed E-state index contributed by atoms with van der Waals surface area (Å²) in [6.07, 6.45) is 1.55. The molecule has 0 bridgehead atoms. The molecule has 0 saturated carbocycles. The molecule has 1 atom stereocenters. The number of ether oxygens (including phenoxy) is 1. The van der Waals surface area contributed by atoms with Gasteiger partial charge in [0.25, 0.3) is 11.5 Å². The summed E-state index contributed by atoms with van der Waals surface area (Å²) in [6.45, 7) is 4.93. The molecule has 8 heteroatoms. The van der Waals surface area contributed by atoms with E-state index in [1.165, 1.54) is 5.56 Å². The first-order valence-corrected chi connectivity index (χ1v) is 10.7. The third-order valence-corrected chi connectivity index (χ3v) is 6.33. The zero-order valence-corrected chi connectivity index (χ0v) is 18.1. The fourth-order valence-electron chi connectivity index (χ4n) is 4.43. The Morgan fingerprint density at radius 1 is 1.09 bits per heavy atom. The van der Waals surface area contributed by atoms with Crippen LogP contribution in [0, 0.1) is 0 Å². The molecule has 2 aromatic carbocycles. The van der Waals surface area contributed by atoms with Gasteiger partial charge in [-0.3, -0.25) is 14.5 Å². The van der Waals surface area contributed by atoms with Crippen LogP contribution in [0.25, 0.3) is 16.6 Å². The molecule has 2 aromatic heterocycles. The summed E-state index contributed by atoms with van der Waals surface area (Å²) < 4.78 is 6.98. The minimum Gasteiger partial charge on any atom is -0.497 e. The molecule has 1 fully saturated rings. The van der Waals surface area contributed by atoms with E-state index in [4.69, 9.17) is 4.74 Å². The number of nitrogens with one attached hydrogen (secondary N) is 1. The summed E-state index contributed by atoms with van der Waals surface area (Å²) in [6, 6.07) is 15.6. The molecular weight excluding hydrogens is 406 g/mol. The maximum atomic E-state index is 13.3. The predicted octanol–water partition coefficient (Wildman–Crippen LogP) is 2.70. The number of hydrogen-bond donors (Lipinski definition) is 1. The number of methoxy groups -OCH3 is 1. The molecule has 164 valence electrons. The largest absolute Gasteiger partial charge is 0.497 e. The number of aromatic amines is 1. The summed E-state index contributed by atoms with van der Waals surface area (Å²) in [4.78, 5) is 32.8. The van der Waals surface area contributed by atoms with Gasteiger partial charge in [-0.15, -0.1) is 0 Å². The van der Waals surface area contributed by atoms with E-state index in [9.17, 15) is 9.59 Å². The van der Waals surface area contributed by atoms with E-state index >= 15 is 0 Å². The van der Waals surface area contributed by atoms with E-state index in [1.54, 1.807) is 23.9 Å². The molecule has 4 aromatic rings. The molecule has 1 aliphatic rings. The monoisotopic (exact) mass is 431 g/mol. The second-order valence-corrected chi connectivity index (χ2v) is 8.07. The van der Waals surface area contributed by atoms with Crippen LogP contribution in [0.1, 0.15) is 28.9 Å². The summed E-state index contributed by atoms with van der Waals surface area (Å²) in [5.74, 6) is 0.734. The van der Waals surface area contributed by atoms with Crippen molar-refractivity contribution in [2.45, 2.75) is 13.0 Å². The van der Waals surface area contributed by atoms with Gasteiger partial charge < -0.3 is 14.6 Å². The highest BCUT2D eigenvalue weighted by molar-refractivity contribution is 6.00. The maximum Gasteiger partial charge on any atom is 0.259 e. The minimum absolute atomic E-state index is 0.111. The Morgan fingerprint density at radius 2 is 1.88 bits per heavy atom. The molecule has 8 nitrogen and oxygen atoms in total. The third-order valence-electron chi connectivity index (χ3n) is 6.33. The molecule has 1 amide bonds. The van der Waals surface area contributed by atoms with Crippen LogP contribution in [0.2, 0.25) is 0 Å². The number of H-pyrrole nitrogens is 1. The molecule has 0 radical (unpaired) electrons. The van der Waals surface area contributed by atoms with Gasteiger partial charge in [0.05, 0.1) is 24.2 Å². The normalized spacial score (nSPS) is 15.9. The fourth-order valence-corrected chi connectivity index (χ4v) is 4.43. The van der Waals surface area contributed by atoms with E-state index in [-0.39, 0.29) is 17.5 Å². The Balaban J connectivity index is 1.34. The van der Waals surface area contributed by atoms with Gasteiger partial charge in [-0.2, -0.15) is 5.10 Å². The van der Waals surface area contributed by atoms with Crippen molar-refractivity contribution in [2.75, 3.05) is 33.3 Å². The summed E-state index contributed by atoms with van der Waals surface area (Å²) >= 11 is 0. The van der Waals surface area contributed by atoms with Crippen LogP contribution in [-0.4, -0.2) is 63.6 Å². The Bertz CT molecular complexity index is 1350. The smallest absolute Gasteiger partial charge is 0.259 e. The van der Waals surface area contributed by atoms with Crippen molar-refractivity contribution in [2.24, 2.45) is 0 Å². The summed E-state index contributed by atoms with van der Waals surface area (Å²) in [7, 11) is 1.67. The molecule has 1 saturated heterocycles. The Kier molecular flexibility index (Phi) is 5.14. The van der Waals surface area contributed by atoms with Gasteiger partial charge in [0.15, 0.2) is 0 Å². The Hall–Kier alpha value is -3.65. The summed E-state index contributed by atoms with van der Waals surface area (Å²) in [5, 5.41) is 4.92. The average Bonchev–Trinajstić information content (AvgIpc) is 3.27. The van der Waals surface area contributed by atoms with Gasteiger partial charge in [-0.05, 0) is 36.8 Å². The lowest BCUT2D eigenvalue weighted by Gasteiger charge is -2.38. The lowest BCUT2D eigenvalue weighted by atomic mass is 10.1. The number of rotatable bonds is 4. The first-order chi connectivity index (χ1) is 15.6. The molecule has 5 rings (SSSR count). The molecule has 3 heterocycles. The van der Waals surface area contributed by atoms with E-state index in [1.807, 2.05) is 35.2 Å². The second-order valence-electron chi connectivity index (χ2n) is 8.07. The van der Waals surface area contributed by atoms with Crippen LogP contribution in [0.5, 0.6) is 5.75 Å². The first kappa shape index (κ1) is 20.3. The number of hydrogen-bond acceptors (Lipinski definition) is 5. The first-order valence-electron chi connectivity index (χ1n) is 10.7. The van der Waals surface area contributed by atoms with Crippen molar-refractivity contribution in [3.8, 4) is 5.75 Å². The van der Waals surface area contributed by atoms with Crippen molar-refractivity contribution >= 4 is 22.5 Å². The number of carbonyl (C=O) groups excluding carboxylic acids is 1. The number of benzene rings is 2. The van der Waals surface area contributed by atoms with E-state index < -0.39 is 0 Å². The number of aromatic nitrogens is 3. The molecule has 0 aliphatic carbocycles. The predicted molar refractivity (Wildman–Crippen MR) is 122 cm³/mol. The van der Waals surface area contributed by atoms with Crippen LogP contribution in [0.15, 0.2) is 59.5 Å². The van der Waals surface area contributed by atoms with Gasteiger partial charge in [-0.25, -0.2) is 4.52 Å². The van der Waals surface area contributed by atoms with Crippen molar-refractivity contribution in [1.82, 2.24) is 24.4 Å². The third kappa shape index (κ3) is 3.42. The minimum atomic E-state index is -0.223. The highest BCUT2D eigenvalue weighted by atomic mass is 16.5. The van der Waals surface area contributed by atoms with Crippen LogP contribution in [-0.2, 0) is 0 Å². The number of carbonyl (C=O) groups is 1. The van der Waals surface area contributed by atoms with Gasteiger partial charge in [0, 0.05) is 32.2 Å². The van der Waals surface area contributed by atoms with Gasteiger partial charge in [-0.1, -0.05) is 24.3 Å². The SMILES string of the molecule is COc1cccc(C(C)N2CCN(C(=O)c3cnn4c3[nH]c(=O)c3ccccc34)CC2)c1. The number of nitrogens with zero attached hydrogens (tertiary/aromatic N) is 4. The number of amides is 1. The van der Waals surface area contributed by atoms with E-state index in [0.29, 0.717) is 35.2 Å². The van der Waals surface area contributed by atoms with Crippen LogP contribution in [0.3, 0.4) is 0 Å². The zero-order valence-electron chi connectivity index (χ0n) is 18.1. The Morgan fingerprint density at radius 3 is 2.66 bits per heavy atom. The van der Waals surface area contributed by atoms with Crippen molar-refractivity contribution in [1.29, 1.82) is 0 Å². The van der Waals surface area contributed by atoms with Crippen LogP contribution >= 0.6 is 0 Å². The van der Waals surface area contributed by atoms with Crippen LogP contribution in [0.4, 0.5) is 0 Å². The number of para-hydroxylation sites is 1. The number of piperazine rings is 1. The van der Waals surface area contributed by atoms with Crippen LogP contribution < -0.4 is 10.3 Å². The molecule has 32 heavy (non-hydrogen) atoms. The van der Waals surface area contributed by atoms with Gasteiger partial charge in [0.1, 0.15) is 17.0 Å². The molecule has 1 unspecified atom stereocenters. The molecule has 0 spiro atoms. The second kappa shape index (κ2) is 8.12. The van der Waals surface area contributed by atoms with E-state index in [2.05, 4.69) is 34.0 Å². The fraction of sp³-hybridized carbons (Fsp3) is 0.292. The maximum absolute atomic E-state index is 13.3. The van der Waals surface area contributed by atoms with Gasteiger partial charge >= 0.3 is 0 Å². The topological polar surface area (TPSA) is 82.9 Å². The molecule has 1 N–H and O–H groups in total. The molecule has 1 aliphatic heterocycles. The average molecular weight is 431 g/mol. The molecular formula is C24H25N5O3.